The maximum atomic E-state index is 13.2. The van der Waals surface area contributed by atoms with Crippen molar-refractivity contribution < 1.29 is 13.9 Å². The lowest BCUT2D eigenvalue weighted by Gasteiger charge is -2.07. The number of hydrogen-bond donors (Lipinski definition) is 0. The normalized spacial score (nSPS) is 10.7. The van der Waals surface area contributed by atoms with Gasteiger partial charge in [0.1, 0.15) is 29.7 Å². The van der Waals surface area contributed by atoms with E-state index in [0.717, 1.165) is 0 Å². The fourth-order valence-corrected chi connectivity index (χ4v) is 2.41. The first-order valence-electron chi connectivity index (χ1n) is 7.65. The molecule has 3 rings (SSSR count). The van der Waals surface area contributed by atoms with Gasteiger partial charge in [-0.25, -0.2) is 14.4 Å². The average Bonchev–Trinajstić information content (AvgIpc) is 3.09. The average molecular weight is 350 g/mol. The van der Waals surface area contributed by atoms with Gasteiger partial charge in [-0.15, -0.1) is 0 Å². The molecule has 0 aliphatic rings. The molecule has 0 amide bonds. The lowest BCUT2D eigenvalue weighted by atomic mass is 10.2. The fourth-order valence-electron chi connectivity index (χ4n) is 2.41. The summed E-state index contributed by atoms with van der Waals surface area (Å²) in [4.78, 5) is 8.47. The molecular weight excluding hydrogens is 335 g/mol. The van der Waals surface area contributed by atoms with Crippen molar-refractivity contribution in [1.29, 1.82) is 5.26 Å². The summed E-state index contributed by atoms with van der Waals surface area (Å²) in [6.45, 7) is 0. The number of aromatic nitrogens is 2. The maximum Gasteiger partial charge on any atom is 0.185 e. The number of aliphatic imine (C=N–C) groups is 1. The van der Waals surface area contributed by atoms with Gasteiger partial charge in [0.25, 0.3) is 0 Å². The van der Waals surface area contributed by atoms with Crippen molar-refractivity contribution in [3.63, 3.8) is 0 Å². The zero-order chi connectivity index (χ0) is 18.5. The number of benzene rings is 2. The lowest BCUT2D eigenvalue weighted by molar-refractivity contribution is 0.402. The van der Waals surface area contributed by atoms with Gasteiger partial charge in [0.05, 0.1) is 14.2 Å². The molecule has 0 aliphatic carbocycles. The van der Waals surface area contributed by atoms with Gasteiger partial charge in [-0.2, -0.15) is 5.26 Å². The molecule has 0 aliphatic heterocycles. The summed E-state index contributed by atoms with van der Waals surface area (Å²) in [7, 11) is 3.13. The third-order valence-corrected chi connectivity index (χ3v) is 3.72. The predicted octanol–water partition coefficient (Wildman–Crippen LogP) is 3.65. The molecule has 0 fully saturated rings. The van der Waals surface area contributed by atoms with Crippen LogP contribution in [-0.2, 0) is 0 Å². The number of hydrogen-bond acceptors (Lipinski definition) is 5. The molecule has 0 spiro atoms. The van der Waals surface area contributed by atoms with Gasteiger partial charge in [-0.1, -0.05) is 0 Å². The minimum atomic E-state index is -0.347. The summed E-state index contributed by atoms with van der Waals surface area (Å²) in [5.41, 5.74) is 1.49. The first-order valence-corrected chi connectivity index (χ1v) is 7.65. The van der Waals surface area contributed by atoms with Crippen LogP contribution < -0.4 is 9.47 Å². The number of rotatable bonds is 5. The third kappa shape index (κ3) is 3.39. The van der Waals surface area contributed by atoms with E-state index in [1.165, 1.54) is 18.5 Å². The molecule has 3 aromatic rings. The summed E-state index contributed by atoms with van der Waals surface area (Å²) < 4.78 is 25.3. The number of nitriles is 1. The second-order valence-electron chi connectivity index (χ2n) is 5.24. The molecule has 26 heavy (non-hydrogen) atoms. The summed E-state index contributed by atoms with van der Waals surface area (Å²) in [6.07, 6.45) is 3.04. The molecule has 6 nitrogen and oxygen atoms in total. The monoisotopic (exact) mass is 350 g/mol. The number of halogens is 1. The van der Waals surface area contributed by atoms with Gasteiger partial charge < -0.3 is 9.47 Å². The summed E-state index contributed by atoms with van der Waals surface area (Å²) in [5, 5.41) is 9.30. The molecule has 1 heterocycles. The molecular formula is C19H15FN4O2. The minimum Gasteiger partial charge on any atom is -0.497 e. The quantitative estimate of drug-likeness (QED) is 0.659. The van der Waals surface area contributed by atoms with Gasteiger partial charge in [-0.05, 0) is 42.5 Å². The van der Waals surface area contributed by atoms with E-state index in [0.29, 0.717) is 28.6 Å². The fraction of sp³-hybridized carbons (Fsp3) is 0.105. The Balaban J connectivity index is 2.05. The zero-order valence-electron chi connectivity index (χ0n) is 14.2. The van der Waals surface area contributed by atoms with Crippen LogP contribution in [0.25, 0.3) is 5.69 Å². The predicted molar refractivity (Wildman–Crippen MR) is 95.0 cm³/mol. The first-order chi connectivity index (χ1) is 12.7. The van der Waals surface area contributed by atoms with Crippen molar-refractivity contribution in [2.75, 3.05) is 14.2 Å². The van der Waals surface area contributed by atoms with Crippen molar-refractivity contribution >= 4 is 12.0 Å². The third-order valence-electron chi connectivity index (χ3n) is 3.72. The molecule has 7 heteroatoms. The molecule has 0 saturated heterocycles. The Kier molecular flexibility index (Phi) is 4.94. The molecule has 0 unspecified atom stereocenters. The van der Waals surface area contributed by atoms with Crippen molar-refractivity contribution in [2.24, 2.45) is 4.99 Å². The molecule has 0 atom stereocenters. The Labute approximate surface area is 149 Å². The van der Waals surface area contributed by atoms with Crippen LogP contribution in [0.4, 0.5) is 10.2 Å². The van der Waals surface area contributed by atoms with Crippen molar-refractivity contribution in [1.82, 2.24) is 9.55 Å². The minimum absolute atomic E-state index is 0.160. The molecule has 0 N–H and O–H groups in total. The second kappa shape index (κ2) is 7.49. The van der Waals surface area contributed by atoms with Gasteiger partial charge in [0, 0.05) is 17.5 Å². The van der Waals surface area contributed by atoms with Crippen LogP contribution in [-0.4, -0.2) is 30.0 Å². The molecule has 130 valence electrons. The van der Waals surface area contributed by atoms with E-state index in [9.17, 15) is 9.65 Å². The largest absolute Gasteiger partial charge is 0.497 e. The Morgan fingerprint density at radius 3 is 2.58 bits per heavy atom. The molecule has 0 saturated carbocycles. The molecule has 0 bridgehead atoms. The zero-order valence-corrected chi connectivity index (χ0v) is 14.2. The highest BCUT2D eigenvalue weighted by Crippen LogP contribution is 2.26. The number of ether oxygens (including phenoxy) is 2. The number of methoxy groups -OCH3 is 2. The highest BCUT2D eigenvalue weighted by Gasteiger charge is 2.12. The van der Waals surface area contributed by atoms with Gasteiger partial charge >= 0.3 is 0 Å². The van der Waals surface area contributed by atoms with Crippen LogP contribution in [0.2, 0.25) is 0 Å². The first kappa shape index (κ1) is 17.2. The molecule has 0 radical (unpaired) electrons. The number of imidazole rings is 1. The van der Waals surface area contributed by atoms with Crippen LogP contribution in [0.1, 0.15) is 11.3 Å². The molecule has 1 aromatic heterocycles. The second-order valence-corrected chi connectivity index (χ2v) is 5.24. The van der Waals surface area contributed by atoms with E-state index >= 15 is 0 Å². The maximum absolute atomic E-state index is 13.2. The SMILES string of the molecule is COc1ccc(OC)c(C=Nc2c(C#N)ncn2-c2ccc(F)cc2)c1. The van der Waals surface area contributed by atoms with Crippen LogP contribution in [0.15, 0.2) is 53.8 Å². The van der Waals surface area contributed by atoms with Crippen molar-refractivity contribution in [3.05, 3.63) is 65.9 Å². The Bertz CT molecular complexity index is 988. The van der Waals surface area contributed by atoms with E-state index in [2.05, 4.69) is 9.98 Å². The van der Waals surface area contributed by atoms with Crippen molar-refractivity contribution in [3.8, 4) is 23.3 Å². The smallest absolute Gasteiger partial charge is 0.185 e. The Hall–Kier alpha value is -3.66. The van der Waals surface area contributed by atoms with Gasteiger partial charge in [0.15, 0.2) is 11.5 Å². The van der Waals surface area contributed by atoms with E-state index in [4.69, 9.17) is 9.47 Å². The number of nitrogens with zero attached hydrogens (tertiary/aromatic N) is 4. The summed E-state index contributed by atoms with van der Waals surface area (Å²) in [5.74, 6) is 1.25. The van der Waals surface area contributed by atoms with Crippen LogP contribution >= 0.6 is 0 Å². The highest BCUT2D eigenvalue weighted by molar-refractivity contribution is 5.86. The van der Waals surface area contributed by atoms with Crippen LogP contribution in [0, 0.1) is 17.1 Å². The Morgan fingerprint density at radius 1 is 1.15 bits per heavy atom. The molecule has 2 aromatic carbocycles. The highest BCUT2D eigenvalue weighted by atomic mass is 19.1. The summed E-state index contributed by atoms with van der Waals surface area (Å²) >= 11 is 0. The standard InChI is InChI=1S/C19H15FN4O2/c1-25-16-7-8-18(26-2)13(9-16)11-22-19-17(10-21)23-12-24(19)15-5-3-14(20)4-6-15/h3-9,11-12H,1-2H3. The van der Waals surface area contributed by atoms with Crippen LogP contribution in [0.3, 0.4) is 0 Å². The summed E-state index contributed by atoms with van der Waals surface area (Å²) in [6, 6.07) is 13.2. The van der Waals surface area contributed by atoms with E-state index in [-0.39, 0.29) is 11.5 Å². The van der Waals surface area contributed by atoms with Crippen LogP contribution in [0.5, 0.6) is 11.5 Å². The van der Waals surface area contributed by atoms with E-state index < -0.39 is 0 Å². The van der Waals surface area contributed by atoms with Gasteiger partial charge in [0.2, 0.25) is 0 Å². The lowest BCUT2D eigenvalue weighted by Crippen LogP contribution is -1.95. The van der Waals surface area contributed by atoms with Crippen molar-refractivity contribution in [2.45, 2.75) is 0 Å². The topological polar surface area (TPSA) is 72.4 Å². The van der Waals surface area contributed by atoms with Gasteiger partial charge in [-0.3, -0.25) is 4.57 Å². The van der Waals surface area contributed by atoms with E-state index in [1.54, 1.807) is 55.3 Å². The Morgan fingerprint density at radius 2 is 1.92 bits per heavy atom. The van der Waals surface area contributed by atoms with E-state index in [1.807, 2.05) is 6.07 Å².